The number of amides is 1. The molecule has 1 unspecified atom stereocenters. The molecule has 3 rings (SSSR count). The number of carboxylic acid groups (broad SMARTS) is 1. The van der Waals surface area contributed by atoms with E-state index < -0.39 is 35.7 Å². The second kappa shape index (κ2) is 12.8. The Kier molecular flexibility index (Phi) is 9.70. The second-order valence-electron chi connectivity index (χ2n) is 10.5. The van der Waals surface area contributed by atoms with Crippen molar-refractivity contribution in [3.63, 3.8) is 0 Å². The first kappa shape index (κ1) is 31.1. The molecule has 0 spiro atoms. The number of nitrogens with one attached hydrogen (secondary N) is 1. The van der Waals surface area contributed by atoms with Gasteiger partial charge in [0, 0.05) is 29.7 Å². The fourth-order valence-electron chi connectivity index (χ4n) is 4.10. The van der Waals surface area contributed by atoms with Crippen LogP contribution in [0.3, 0.4) is 0 Å². The van der Waals surface area contributed by atoms with Crippen molar-refractivity contribution in [3.8, 4) is 5.75 Å². The molecule has 7 nitrogen and oxygen atoms in total. The number of ether oxygens (including phenoxy) is 1. The predicted octanol–water partition coefficient (Wildman–Crippen LogP) is 6.33. The third-order valence-electron chi connectivity index (χ3n) is 6.35. The van der Waals surface area contributed by atoms with Gasteiger partial charge in [-0.3, -0.25) is 19.2 Å². The summed E-state index contributed by atoms with van der Waals surface area (Å²) >= 11 is 0. The lowest BCUT2D eigenvalue weighted by Crippen LogP contribution is -2.26. The minimum Gasteiger partial charge on any atom is -0.481 e. The van der Waals surface area contributed by atoms with Gasteiger partial charge < -0.3 is 15.2 Å². The number of rotatable bonds is 11. The van der Waals surface area contributed by atoms with Gasteiger partial charge in [0.15, 0.2) is 11.6 Å². The molecule has 10 heteroatoms. The van der Waals surface area contributed by atoms with E-state index in [1.54, 1.807) is 12.1 Å². The van der Waals surface area contributed by atoms with Crippen LogP contribution in [0.5, 0.6) is 5.75 Å². The zero-order valence-corrected chi connectivity index (χ0v) is 22.7. The van der Waals surface area contributed by atoms with E-state index in [1.165, 1.54) is 36.4 Å². The molecular formula is C31H30F3NO6. The summed E-state index contributed by atoms with van der Waals surface area (Å²) in [5, 5.41) is 11.2. The highest BCUT2D eigenvalue weighted by molar-refractivity contribution is 6.06. The van der Waals surface area contributed by atoms with E-state index in [0.717, 1.165) is 17.7 Å². The first-order chi connectivity index (χ1) is 19.1. The number of halogens is 3. The summed E-state index contributed by atoms with van der Waals surface area (Å²) < 4.78 is 41.3. The summed E-state index contributed by atoms with van der Waals surface area (Å²) in [5.41, 5.74) is 2.07. The van der Waals surface area contributed by atoms with Crippen LogP contribution in [0.1, 0.15) is 81.7 Å². The lowest BCUT2D eigenvalue weighted by Gasteiger charge is -2.21. The van der Waals surface area contributed by atoms with E-state index in [0.29, 0.717) is 5.56 Å². The van der Waals surface area contributed by atoms with Gasteiger partial charge in [0.25, 0.3) is 5.91 Å². The lowest BCUT2D eigenvalue weighted by molar-refractivity contribution is -0.274. The van der Waals surface area contributed by atoms with Gasteiger partial charge in [-0.15, -0.1) is 13.2 Å². The van der Waals surface area contributed by atoms with Crippen LogP contribution in [0.15, 0.2) is 72.8 Å². The standard InChI is InChI=1S/C31H30F3NO6/c1-30(2,3)23-12-8-19(9-13-23)25(18-26(36)20-10-14-24(15-11-20)41-31(32,33)34)28(39)21-4-6-22(7-5-21)29(40)35-17-16-27(37)38/h4-15,25H,16-18H2,1-3H3,(H,35,40)(H,37,38). The molecule has 216 valence electrons. The van der Waals surface area contributed by atoms with Gasteiger partial charge >= 0.3 is 12.3 Å². The molecule has 41 heavy (non-hydrogen) atoms. The Hall–Kier alpha value is -4.47. The molecule has 0 bridgehead atoms. The molecule has 0 aliphatic rings. The smallest absolute Gasteiger partial charge is 0.481 e. The number of hydrogen-bond donors (Lipinski definition) is 2. The van der Waals surface area contributed by atoms with Crippen molar-refractivity contribution in [2.75, 3.05) is 6.54 Å². The van der Waals surface area contributed by atoms with Gasteiger partial charge in [-0.05, 0) is 52.9 Å². The highest BCUT2D eigenvalue weighted by atomic mass is 19.4. The monoisotopic (exact) mass is 569 g/mol. The fourth-order valence-corrected chi connectivity index (χ4v) is 4.10. The van der Waals surface area contributed by atoms with Crippen LogP contribution in [-0.4, -0.2) is 41.5 Å². The third kappa shape index (κ3) is 9.02. The van der Waals surface area contributed by atoms with Gasteiger partial charge in [-0.2, -0.15) is 0 Å². The van der Waals surface area contributed by atoms with Gasteiger partial charge in [0.2, 0.25) is 0 Å². The minimum absolute atomic E-state index is 0.0487. The van der Waals surface area contributed by atoms with Crippen LogP contribution < -0.4 is 10.1 Å². The van der Waals surface area contributed by atoms with Gasteiger partial charge in [0.1, 0.15) is 5.75 Å². The highest BCUT2D eigenvalue weighted by Gasteiger charge is 2.31. The maximum absolute atomic E-state index is 13.7. The summed E-state index contributed by atoms with van der Waals surface area (Å²) in [4.78, 5) is 49.8. The Morgan fingerprint density at radius 3 is 1.85 bits per heavy atom. The molecule has 2 N–H and O–H groups in total. The molecule has 0 aliphatic carbocycles. The largest absolute Gasteiger partial charge is 0.573 e. The summed E-state index contributed by atoms with van der Waals surface area (Å²) in [6.07, 6.45) is -5.34. The first-order valence-corrected chi connectivity index (χ1v) is 12.8. The molecule has 3 aromatic carbocycles. The van der Waals surface area contributed by atoms with Crippen LogP contribution in [0, 0.1) is 0 Å². The maximum atomic E-state index is 13.7. The van der Waals surface area contributed by atoms with Crippen molar-refractivity contribution in [1.82, 2.24) is 5.32 Å². The number of carbonyl (C=O) groups is 4. The number of carboxylic acids is 1. The summed E-state index contributed by atoms with van der Waals surface area (Å²) in [6.45, 7) is 6.08. The molecule has 0 saturated carbocycles. The zero-order chi connectivity index (χ0) is 30.4. The average Bonchev–Trinajstić information content (AvgIpc) is 2.90. The predicted molar refractivity (Wildman–Crippen MR) is 145 cm³/mol. The Labute approximate surface area is 235 Å². The summed E-state index contributed by atoms with van der Waals surface area (Å²) in [7, 11) is 0. The fraction of sp³-hybridized carbons (Fsp3) is 0.290. The van der Waals surface area contributed by atoms with Crippen LogP contribution in [0.4, 0.5) is 13.2 Å². The maximum Gasteiger partial charge on any atom is 0.573 e. The third-order valence-corrected chi connectivity index (χ3v) is 6.35. The van der Waals surface area contributed by atoms with E-state index in [-0.39, 0.29) is 47.3 Å². The van der Waals surface area contributed by atoms with Crippen molar-refractivity contribution in [3.05, 3.63) is 101 Å². The summed E-state index contributed by atoms with van der Waals surface area (Å²) in [6, 6.07) is 17.6. The van der Waals surface area contributed by atoms with E-state index in [9.17, 15) is 32.3 Å². The Morgan fingerprint density at radius 2 is 1.34 bits per heavy atom. The average molecular weight is 570 g/mol. The zero-order valence-electron chi connectivity index (χ0n) is 22.7. The normalized spacial score (nSPS) is 12.3. The molecule has 3 aromatic rings. The van der Waals surface area contributed by atoms with Crippen molar-refractivity contribution in [2.45, 2.75) is 51.3 Å². The van der Waals surface area contributed by atoms with Gasteiger partial charge in [-0.1, -0.05) is 57.2 Å². The van der Waals surface area contributed by atoms with Crippen molar-refractivity contribution in [2.24, 2.45) is 0 Å². The lowest BCUT2D eigenvalue weighted by atomic mass is 9.82. The van der Waals surface area contributed by atoms with E-state index >= 15 is 0 Å². The number of Topliss-reactive ketones (excluding diaryl/α,β-unsaturated/α-hetero) is 2. The highest BCUT2D eigenvalue weighted by Crippen LogP contribution is 2.30. The van der Waals surface area contributed by atoms with Crippen molar-refractivity contribution < 1.29 is 42.2 Å². The Bertz CT molecular complexity index is 1390. The Morgan fingerprint density at radius 1 is 0.805 bits per heavy atom. The topological polar surface area (TPSA) is 110 Å². The molecule has 0 heterocycles. The number of benzene rings is 3. The second-order valence-corrected chi connectivity index (χ2v) is 10.5. The van der Waals surface area contributed by atoms with Crippen molar-refractivity contribution >= 4 is 23.4 Å². The number of carbonyl (C=O) groups excluding carboxylic acids is 3. The summed E-state index contributed by atoms with van der Waals surface area (Å²) in [5.74, 6) is -3.74. The number of ketones is 2. The molecule has 1 atom stereocenters. The molecule has 0 saturated heterocycles. The Balaban J connectivity index is 1.86. The molecule has 0 aliphatic heterocycles. The van der Waals surface area contributed by atoms with E-state index in [2.05, 4.69) is 10.1 Å². The first-order valence-electron chi connectivity index (χ1n) is 12.8. The number of alkyl halides is 3. The van der Waals surface area contributed by atoms with Crippen LogP contribution in [0.2, 0.25) is 0 Å². The molecule has 0 aromatic heterocycles. The SMILES string of the molecule is CC(C)(C)c1ccc(C(CC(=O)c2ccc(OC(F)(F)F)cc2)C(=O)c2ccc(C(=O)NCCC(=O)O)cc2)cc1. The molecule has 0 fully saturated rings. The van der Waals surface area contributed by atoms with Gasteiger partial charge in [-0.25, -0.2) is 0 Å². The van der Waals surface area contributed by atoms with Crippen molar-refractivity contribution in [1.29, 1.82) is 0 Å². The molecular weight excluding hydrogens is 539 g/mol. The number of hydrogen-bond acceptors (Lipinski definition) is 5. The van der Waals surface area contributed by atoms with Crippen LogP contribution in [-0.2, 0) is 10.2 Å². The van der Waals surface area contributed by atoms with Crippen LogP contribution >= 0.6 is 0 Å². The molecule has 1 amide bonds. The van der Waals surface area contributed by atoms with Crippen LogP contribution in [0.25, 0.3) is 0 Å². The van der Waals surface area contributed by atoms with E-state index in [4.69, 9.17) is 5.11 Å². The van der Waals surface area contributed by atoms with Gasteiger partial charge in [0.05, 0.1) is 12.3 Å². The van der Waals surface area contributed by atoms with E-state index in [1.807, 2.05) is 32.9 Å². The quantitative estimate of drug-likeness (QED) is 0.261. The number of aliphatic carboxylic acids is 1. The minimum atomic E-state index is -4.86. The molecule has 0 radical (unpaired) electrons.